The molecule has 0 saturated carbocycles. The zero-order valence-electron chi connectivity index (χ0n) is 5.34. The summed E-state index contributed by atoms with van der Waals surface area (Å²) < 4.78 is 14.7. The number of hydrogen-bond donors (Lipinski definition) is 0. The third-order valence-corrected chi connectivity index (χ3v) is 3.05. The molecule has 2 aromatic rings. The van der Waals surface area contributed by atoms with E-state index in [-0.39, 0.29) is 5.82 Å². The van der Waals surface area contributed by atoms with Gasteiger partial charge in [-0.05, 0) is 34.7 Å². The van der Waals surface area contributed by atoms with Gasteiger partial charge in [0.1, 0.15) is 11.3 Å². The second kappa shape index (κ2) is 2.67. The van der Waals surface area contributed by atoms with Gasteiger partial charge in [0, 0.05) is 0 Å². The number of nitrogens with zero attached hydrogens (tertiary/aromatic N) is 1. The summed E-state index contributed by atoms with van der Waals surface area (Å²) in [5.74, 6) is -0.235. The SMILES string of the molecule is Fc1cccc2sc(I)nc12. The molecule has 1 heterocycles. The van der Waals surface area contributed by atoms with E-state index in [0.717, 1.165) is 7.71 Å². The van der Waals surface area contributed by atoms with Crippen LogP contribution in [0, 0.1) is 8.83 Å². The minimum Gasteiger partial charge on any atom is -0.227 e. The van der Waals surface area contributed by atoms with E-state index >= 15 is 0 Å². The second-order valence-electron chi connectivity index (χ2n) is 2.05. The largest absolute Gasteiger partial charge is 0.227 e. The molecule has 0 atom stereocenters. The molecule has 56 valence electrons. The van der Waals surface area contributed by atoms with E-state index in [1.165, 1.54) is 17.4 Å². The zero-order valence-corrected chi connectivity index (χ0v) is 8.32. The molecule has 1 aromatic carbocycles. The quantitative estimate of drug-likeness (QED) is 0.675. The fourth-order valence-corrected chi connectivity index (χ4v) is 2.55. The Bertz CT molecular complexity index is 398. The Kier molecular flexibility index (Phi) is 1.80. The average Bonchev–Trinajstić information content (AvgIpc) is 2.31. The molecule has 0 unspecified atom stereocenters. The highest BCUT2D eigenvalue weighted by Gasteiger charge is 2.04. The molecule has 4 heteroatoms. The summed E-state index contributed by atoms with van der Waals surface area (Å²) in [5, 5.41) is 0. The lowest BCUT2D eigenvalue weighted by Crippen LogP contribution is -1.75. The third kappa shape index (κ3) is 1.24. The molecule has 0 spiro atoms. The number of thiazole rings is 1. The molecular formula is C7H3FINS. The number of benzene rings is 1. The first-order valence-electron chi connectivity index (χ1n) is 2.98. The Labute approximate surface area is 80.4 Å². The fraction of sp³-hybridized carbons (Fsp3) is 0. The third-order valence-electron chi connectivity index (χ3n) is 1.34. The normalized spacial score (nSPS) is 10.7. The molecular weight excluding hydrogens is 276 g/mol. The van der Waals surface area contributed by atoms with Gasteiger partial charge in [0.25, 0.3) is 0 Å². The van der Waals surface area contributed by atoms with Crippen LogP contribution in [0.4, 0.5) is 4.39 Å². The number of hydrogen-bond acceptors (Lipinski definition) is 2. The van der Waals surface area contributed by atoms with Crippen LogP contribution in [0.1, 0.15) is 0 Å². The van der Waals surface area contributed by atoms with Gasteiger partial charge in [-0.3, -0.25) is 0 Å². The fourth-order valence-electron chi connectivity index (χ4n) is 0.888. The van der Waals surface area contributed by atoms with Gasteiger partial charge in [-0.25, -0.2) is 9.37 Å². The summed E-state index contributed by atoms with van der Waals surface area (Å²) in [6, 6.07) is 5.00. The van der Waals surface area contributed by atoms with Crippen molar-refractivity contribution in [2.75, 3.05) is 0 Å². The first-order valence-corrected chi connectivity index (χ1v) is 4.87. The standard InChI is InChI=1S/C7H3FINS/c8-4-2-1-3-5-6(4)10-7(9)11-5/h1-3H. The molecule has 0 aliphatic carbocycles. The summed E-state index contributed by atoms with van der Waals surface area (Å²) in [7, 11) is 0. The van der Waals surface area contributed by atoms with E-state index in [4.69, 9.17) is 0 Å². The molecule has 2 rings (SSSR count). The predicted octanol–water partition coefficient (Wildman–Crippen LogP) is 3.04. The summed E-state index contributed by atoms with van der Waals surface area (Å²) in [6.07, 6.45) is 0. The van der Waals surface area contributed by atoms with E-state index in [0.29, 0.717) is 5.52 Å². The van der Waals surface area contributed by atoms with Crippen molar-refractivity contribution in [2.45, 2.75) is 0 Å². The smallest absolute Gasteiger partial charge is 0.155 e. The van der Waals surface area contributed by atoms with Crippen molar-refractivity contribution in [3.05, 3.63) is 27.0 Å². The van der Waals surface area contributed by atoms with Crippen LogP contribution in [0.5, 0.6) is 0 Å². The Balaban J connectivity index is 2.90. The molecule has 0 aliphatic rings. The first-order chi connectivity index (χ1) is 5.27. The maximum Gasteiger partial charge on any atom is 0.155 e. The monoisotopic (exact) mass is 279 g/mol. The Morgan fingerprint density at radius 1 is 1.45 bits per heavy atom. The van der Waals surface area contributed by atoms with Crippen LogP contribution in [0.15, 0.2) is 18.2 Å². The van der Waals surface area contributed by atoms with Crippen LogP contribution in [0.2, 0.25) is 0 Å². The number of para-hydroxylation sites is 1. The highest BCUT2D eigenvalue weighted by atomic mass is 127. The van der Waals surface area contributed by atoms with Crippen LogP contribution in [0.3, 0.4) is 0 Å². The number of fused-ring (bicyclic) bond motifs is 1. The Morgan fingerprint density at radius 2 is 2.27 bits per heavy atom. The van der Waals surface area contributed by atoms with E-state index in [2.05, 4.69) is 27.6 Å². The van der Waals surface area contributed by atoms with Crippen molar-refractivity contribution in [1.82, 2.24) is 4.98 Å². The minimum absolute atomic E-state index is 0.235. The van der Waals surface area contributed by atoms with Crippen molar-refractivity contribution in [2.24, 2.45) is 0 Å². The highest BCUT2D eigenvalue weighted by molar-refractivity contribution is 14.1. The lowest BCUT2D eigenvalue weighted by atomic mass is 10.3. The van der Waals surface area contributed by atoms with Crippen molar-refractivity contribution >= 4 is 44.1 Å². The maximum absolute atomic E-state index is 12.9. The predicted molar refractivity (Wildman–Crippen MR) is 52.3 cm³/mol. The number of halogens is 2. The molecule has 0 bridgehead atoms. The Morgan fingerprint density at radius 3 is 3.00 bits per heavy atom. The lowest BCUT2D eigenvalue weighted by Gasteiger charge is -1.86. The summed E-state index contributed by atoms with van der Waals surface area (Å²) in [5.41, 5.74) is 0.488. The van der Waals surface area contributed by atoms with Crippen LogP contribution in [-0.4, -0.2) is 4.98 Å². The number of aromatic nitrogens is 1. The molecule has 11 heavy (non-hydrogen) atoms. The molecule has 0 amide bonds. The van der Waals surface area contributed by atoms with Crippen LogP contribution >= 0.6 is 33.9 Å². The van der Waals surface area contributed by atoms with Gasteiger partial charge in [-0.1, -0.05) is 6.07 Å². The van der Waals surface area contributed by atoms with E-state index in [1.807, 2.05) is 6.07 Å². The topological polar surface area (TPSA) is 12.9 Å². The van der Waals surface area contributed by atoms with Gasteiger partial charge in [-0.15, -0.1) is 11.3 Å². The van der Waals surface area contributed by atoms with Crippen LogP contribution in [-0.2, 0) is 0 Å². The molecule has 1 nitrogen and oxygen atoms in total. The van der Waals surface area contributed by atoms with Gasteiger partial charge < -0.3 is 0 Å². The molecule has 0 N–H and O–H groups in total. The Hall–Kier alpha value is -0.230. The lowest BCUT2D eigenvalue weighted by molar-refractivity contribution is 0.637. The molecule has 0 aliphatic heterocycles. The van der Waals surface area contributed by atoms with Crippen molar-refractivity contribution < 1.29 is 4.39 Å². The van der Waals surface area contributed by atoms with E-state index in [9.17, 15) is 4.39 Å². The highest BCUT2D eigenvalue weighted by Crippen LogP contribution is 2.24. The summed E-state index contributed by atoms with van der Waals surface area (Å²) in [4.78, 5) is 4.04. The molecule has 1 aromatic heterocycles. The van der Waals surface area contributed by atoms with Gasteiger partial charge in [0.2, 0.25) is 0 Å². The van der Waals surface area contributed by atoms with Gasteiger partial charge in [0.05, 0.1) is 4.70 Å². The van der Waals surface area contributed by atoms with Crippen LogP contribution in [0.25, 0.3) is 10.2 Å². The summed E-state index contributed by atoms with van der Waals surface area (Å²) in [6.45, 7) is 0. The van der Waals surface area contributed by atoms with Gasteiger partial charge >= 0.3 is 0 Å². The van der Waals surface area contributed by atoms with E-state index in [1.54, 1.807) is 6.07 Å². The maximum atomic E-state index is 12.9. The zero-order chi connectivity index (χ0) is 7.84. The average molecular weight is 279 g/mol. The minimum atomic E-state index is -0.235. The molecule has 0 saturated heterocycles. The second-order valence-corrected chi connectivity index (χ2v) is 4.84. The van der Waals surface area contributed by atoms with E-state index < -0.39 is 0 Å². The van der Waals surface area contributed by atoms with Crippen LogP contribution < -0.4 is 0 Å². The molecule has 0 fully saturated rings. The van der Waals surface area contributed by atoms with Gasteiger partial charge in [-0.2, -0.15) is 0 Å². The number of rotatable bonds is 0. The van der Waals surface area contributed by atoms with Crippen molar-refractivity contribution in [3.63, 3.8) is 0 Å². The molecule has 0 radical (unpaired) electrons. The first kappa shape index (κ1) is 7.42. The van der Waals surface area contributed by atoms with Crippen molar-refractivity contribution in [3.8, 4) is 0 Å². The van der Waals surface area contributed by atoms with Crippen molar-refractivity contribution in [1.29, 1.82) is 0 Å². The summed E-state index contributed by atoms with van der Waals surface area (Å²) >= 11 is 3.59. The van der Waals surface area contributed by atoms with Gasteiger partial charge in [0.15, 0.2) is 3.01 Å².